The second-order valence-electron chi connectivity index (χ2n) is 7.24. The number of rotatable bonds is 4. The monoisotopic (exact) mass is 439 g/mol. The van der Waals surface area contributed by atoms with Crippen LogP contribution < -0.4 is 21.5 Å². The average molecular weight is 440 g/mol. The summed E-state index contributed by atoms with van der Waals surface area (Å²) in [7, 11) is -0.944. The third kappa shape index (κ3) is 3.81. The number of nitrogens with one attached hydrogen (secondary N) is 1. The van der Waals surface area contributed by atoms with E-state index >= 15 is 0 Å². The average Bonchev–Trinajstić information content (AvgIpc) is 2.82. The Balaban J connectivity index is 1.94. The maximum atomic E-state index is 13.0. The number of H-pyrrole nitrogens is 1. The van der Waals surface area contributed by atoms with E-state index in [1.165, 1.54) is 10.6 Å². The zero-order valence-corrected chi connectivity index (χ0v) is 18.3. The van der Waals surface area contributed by atoms with Gasteiger partial charge in [-0.1, -0.05) is 103 Å². The lowest BCUT2D eigenvalue weighted by atomic mass is 10.1. The van der Waals surface area contributed by atoms with Gasteiger partial charge >= 0.3 is 0 Å². The maximum Gasteiger partial charge on any atom is 0.256 e. The van der Waals surface area contributed by atoms with Gasteiger partial charge in [0, 0.05) is 15.7 Å². The van der Waals surface area contributed by atoms with Gasteiger partial charge in [0.2, 0.25) is 0 Å². The van der Waals surface area contributed by atoms with Gasteiger partial charge in [0.05, 0.1) is 5.69 Å². The molecule has 5 aromatic rings. The molecule has 150 valence electrons. The molecule has 0 aliphatic rings. The second-order valence-corrected chi connectivity index (χ2v) is 9.83. The quantitative estimate of drug-likeness (QED) is 0.363. The molecule has 0 spiro atoms. The van der Waals surface area contributed by atoms with Gasteiger partial charge in [0.25, 0.3) is 5.56 Å². The Bertz CT molecular complexity index is 1360. The van der Waals surface area contributed by atoms with Crippen molar-refractivity contribution in [2.45, 2.75) is 0 Å². The van der Waals surface area contributed by atoms with Crippen molar-refractivity contribution in [3.8, 4) is 11.3 Å². The van der Waals surface area contributed by atoms with Gasteiger partial charge in [0.15, 0.2) is 0 Å². The van der Waals surface area contributed by atoms with Crippen LogP contribution in [-0.4, -0.2) is 4.98 Å². The lowest BCUT2D eigenvalue weighted by molar-refractivity contribution is 1.29. The van der Waals surface area contributed by atoms with Crippen LogP contribution in [0.25, 0.3) is 22.0 Å². The first-order chi connectivity index (χ1) is 15.2. The predicted molar refractivity (Wildman–Crippen MR) is 134 cm³/mol. The van der Waals surface area contributed by atoms with Crippen LogP contribution in [0.2, 0.25) is 5.02 Å². The first-order valence-corrected chi connectivity index (χ1v) is 11.8. The molecule has 1 aromatic heterocycles. The zero-order chi connectivity index (χ0) is 21.2. The van der Waals surface area contributed by atoms with E-state index in [1.54, 1.807) is 6.07 Å². The zero-order valence-electron chi connectivity index (χ0n) is 16.6. The lowest BCUT2D eigenvalue weighted by Crippen LogP contribution is -2.26. The van der Waals surface area contributed by atoms with Gasteiger partial charge in [-0.15, -0.1) is 0 Å². The van der Waals surface area contributed by atoms with Crippen molar-refractivity contribution in [1.82, 2.24) is 4.98 Å². The Morgan fingerprint density at radius 1 is 0.645 bits per heavy atom. The number of hydrogen-bond acceptors (Lipinski definition) is 1. The molecule has 0 bridgehead atoms. The predicted octanol–water partition coefficient (Wildman–Crippen LogP) is 5.61. The van der Waals surface area contributed by atoms with Crippen molar-refractivity contribution in [2.24, 2.45) is 0 Å². The smallest absolute Gasteiger partial charge is 0.256 e. The molecule has 0 atom stereocenters. The first kappa shape index (κ1) is 19.8. The third-order valence-corrected chi connectivity index (χ3v) is 8.05. The number of fused-ring (bicyclic) bond motifs is 1. The third-order valence-electron chi connectivity index (χ3n) is 5.27. The number of aromatic nitrogens is 1. The molecule has 1 heterocycles. The van der Waals surface area contributed by atoms with Crippen LogP contribution in [-0.2, 0) is 0 Å². The highest BCUT2D eigenvalue weighted by Crippen LogP contribution is 2.39. The van der Waals surface area contributed by atoms with Gasteiger partial charge in [-0.2, -0.15) is 0 Å². The minimum absolute atomic E-state index is 0.106. The summed E-state index contributed by atoms with van der Waals surface area (Å²) in [5.74, 6) is 0. The van der Waals surface area contributed by atoms with E-state index in [0.717, 1.165) is 21.9 Å². The topological polar surface area (TPSA) is 32.9 Å². The van der Waals surface area contributed by atoms with Gasteiger partial charge in [0.1, 0.15) is 0 Å². The minimum atomic E-state index is -0.944. The number of aromatic amines is 1. The summed E-state index contributed by atoms with van der Waals surface area (Å²) in [4.78, 5) is 16.2. The number of benzene rings is 4. The summed E-state index contributed by atoms with van der Waals surface area (Å²) in [6.07, 6.45) is 0. The van der Waals surface area contributed by atoms with E-state index in [9.17, 15) is 4.79 Å². The molecule has 5 rings (SSSR count). The summed E-state index contributed by atoms with van der Waals surface area (Å²) in [6.45, 7) is 0. The summed E-state index contributed by atoms with van der Waals surface area (Å²) in [5, 5.41) is 5.71. The van der Waals surface area contributed by atoms with Crippen molar-refractivity contribution < 1.29 is 0 Å². The minimum Gasteiger partial charge on any atom is -0.321 e. The van der Waals surface area contributed by atoms with Crippen LogP contribution in [0.1, 0.15) is 0 Å². The Hall–Kier alpha value is -3.19. The summed E-state index contributed by atoms with van der Waals surface area (Å²) in [5.41, 5.74) is 1.72. The maximum absolute atomic E-state index is 13.0. The fourth-order valence-corrected chi connectivity index (χ4v) is 6.65. The van der Waals surface area contributed by atoms with E-state index in [0.29, 0.717) is 10.4 Å². The number of halogens is 1. The van der Waals surface area contributed by atoms with E-state index in [1.807, 2.05) is 54.6 Å². The molecule has 0 saturated heterocycles. The highest BCUT2D eigenvalue weighted by molar-refractivity contribution is 7.80. The molecule has 0 radical (unpaired) electrons. The van der Waals surface area contributed by atoms with E-state index in [4.69, 9.17) is 11.6 Å². The van der Waals surface area contributed by atoms with Crippen LogP contribution in [0, 0.1) is 0 Å². The van der Waals surface area contributed by atoms with Crippen LogP contribution in [0.4, 0.5) is 0 Å². The number of pyridine rings is 1. The highest BCUT2D eigenvalue weighted by Gasteiger charge is 2.24. The first-order valence-electron chi connectivity index (χ1n) is 10.0. The van der Waals surface area contributed by atoms with Crippen LogP contribution in [0.5, 0.6) is 0 Å². The second kappa shape index (κ2) is 8.51. The molecule has 0 aliphatic heterocycles. The van der Waals surface area contributed by atoms with Crippen LogP contribution in [0.15, 0.2) is 114 Å². The van der Waals surface area contributed by atoms with Gasteiger partial charge < -0.3 is 4.98 Å². The Labute approximate surface area is 186 Å². The Kier molecular flexibility index (Phi) is 5.42. The fraction of sp³-hybridized carbons (Fsp3) is 0. The van der Waals surface area contributed by atoms with Crippen molar-refractivity contribution in [2.75, 3.05) is 0 Å². The normalized spacial score (nSPS) is 11.2. The summed E-state index contributed by atoms with van der Waals surface area (Å²) >= 11 is 6.43. The molecular weight excluding hydrogens is 421 g/mol. The van der Waals surface area contributed by atoms with E-state index in [2.05, 4.69) is 53.5 Å². The van der Waals surface area contributed by atoms with Crippen LogP contribution in [0.3, 0.4) is 0 Å². The van der Waals surface area contributed by atoms with Crippen molar-refractivity contribution in [3.05, 3.63) is 125 Å². The Morgan fingerprint density at radius 3 is 1.77 bits per heavy atom. The van der Waals surface area contributed by atoms with Gasteiger partial charge in [-0.3, -0.25) is 4.79 Å². The summed E-state index contributed by atoms with van der Waals surface area (Å²) in [6, 6.07) is 36.5. The van der Waals surface area contributed by atoms with E-state index < -0.39 is 7.92 Å². The summed E-state index contributed by atoms with van der Waals surface area (Å²) < 4.78 is 0. The largest absolute Gasteiger partial charge is 0.321 e. The Morgan fingerprint density at radius 2 is 1.19 bits per heavy atom. The SMILES string of the molecule is O=c1[nH]c(-c2ccccc2)c(P(c2ccccc2)c2ccccc2)c2cc(Cl)ccc12. The molecule has 0 saturated carbocycles. The molecule has 1 N–H and O–H groups in total. The molecule has 0 aliphatic carbocycles. The van der Waals surface area contributed by atoms with Crippen molar-refractivity contribution in [3.63, 3.8) is 0 Å². The molecule has 31 heavy (non-hydrogen) atoms. The molecule has 0 fully saturated rings. The lowest BCUT2D eigenvalue weighted by Gasteiger charge is -2.24. The molecule has 2 nitrogen and oxygen atoms in total. The number of hydrogen-bond donors (Lipinski definition) is 1. The molecule has 0 amide bonds. The van der Waals surface area contributed by atoms with Crippen molar-refractivity contribution >= 4 is 46.2 Å². The molecule has 0 unspecified atom stereocenters. The fourth-order valence-electron chi connectivity index (χ4n) is 3.89. The van der Waals surface area contributed by atoms with E-state index in [-0.39, 0.29) is 5.56 Å². The van der Waals surface area contributed by atoms with Gasteiger partial charge in [-0.25, -0.2) is 0 Å². The molecule has 4 heteroatoms. The highest BCUT2D eigenvalue weighted by atomic mass is 35.5. The standard InChI is InChI=1S/C27H19ClNOP/c28-20-16-17-23-24(18-20)26(25(29-27(23)30)19-10-4-1-5-11-19)31(21-12-6-2-7-13-21)22-14-8-3-9-15-22/h1-18H,(H,29,30). The van der Waals surface area contributed by atoms with Crippen molar-refractivity contribution in [1.29, 1.82) is 0 Å². The molecule has 4 aromatic carbocycles. The van der Waals surface area contributed by atoms with Gasteiger partial charge in [-0.05, 0) is 47.7 Å². The molecular formula is C27H19ClNOP. The van der Waals surface area contributed by atoms with Crippen LogP contribution >= 0.6 is 19.5 Å².